The lowest BCUT2D eigenvalue weighted by atomic mass is 9.89. The lowest BCUT2D eigenvalue weighted by molar-refractivity contribution is 0.0290. The first-order valence-corrected chi connectivity index (χ1v) is 4.35. The summed E-state index contributed by atoms with van der Waals surface area (Å²) >= 11 is 0. The Hall–Kier alpha value is -0.0800. The second kappa shape index (κ2) is 4.73. The summed E-state index contributed by atoms with van der Waals surface area (Å²) in [6.45, 7) is 6.11. The predicted molar refractivity (Wildman–Crippen MR) is 46.4 cm³/mol. The second-order valence-corrected chi connectivity index (χ2v) is 3.67. The van der Waals surface area contributed by atoms with Crippen LogP contribution in [0.3, 0.4) is 0 Å². The van der Waals surface area contributed by atoms with Gasteiger partial charge in [0.15, 0.2) is 0 Å². The van der Waals surface area contributed by atoms with Crippen LogP contribution in [-0.4, -0.2) is 22.4 Å². The Bertz CT molecular complexity index is 99.7. The molecule has 11 heavy (non-hydrogen) atoms. The summed E-state index contributed by atoms with van der Waals surface area (Å²) in [6, 6.07) is 0. The Kier molecular flexibility index (Phi) is 4.69. The van der Waals surface area contributed by atoms with Gasteiger partial charge in [0.05, 0.1) is 5.60 Å². The molecule has 0 rings (SSSR count). The molecule has 0 aromatic rings. The SMILES string of the molecule is CCC(C)(O)CC(C)CCO. The third kappa shape index (κ3) is 5.22. The quantitative estimate of drug-likeness (QED) is 0.640. The molecule has 0 aromatic heterocycles. The topological polar surface area (TPSA) is 40.5 Å². The first-order valence-electron chi connectivity index (χ1n) is 4.35. The van der Waals surface area contributed by atoms with Crippen molar-refractivity contribution in [3.63, 3.8) is 0 Å². The molecule has 0 aliphatic heterocycles. The standard InChI is InChI=1S/C9H20O2/c1-4-9(3,11)7-8(2)5-6-10/h8,10-11H,4-7H2,1-3H3. The van der Waals surface area contributed by atoms with Crippen molar-refractivity contribution in [3.05, 3.63) is 0 Å². The Balaban J connectivity index is 3.64. The fraction of sp³-hybridized carbons (Fsp3) is 1.00. The van der Waals surface area contributed by atoms with Gasteiger partial charge in [0.25, 0.3) is 0 Å². The Labute approximate surface area is 69.2 Å². The van der Waals surface area contributed by atoms with Crippen LogP contribution in [0.1, 0.15) is 40.0 Å². The molecule has 2 heteroatoms. The highest BCUT2D eigenvalue weighted by atomic mass is 16.3. The zero-order valence-electron chi connectivity index (χ0n) is 7.80. The summed E-state index contributed by atoms with van der Waals surface area (Å²) in [6.07, 6.45) is 2.35. The first-order chi connectivity index (χ1) is 5.02. The van der Waals surface area contributed by atoms with Crippen molar-refractivity contribution >= 4 is 0 Å². The molecule has 2 nitrogen and oxygen atoms in total. The van der Waals surface area contributed by atoms with Crippen molar-refractivity contribution in [2.75, 3.05) is 6.61 Å². The van der Waals surface area contributed by atoms with Crippen molar-refractivity contribution < 1.29 is 10.2 Å². The minimum absolute atomic E-state index is 0.223. The zero-order chi connectivity index (χ0) is 8.91. The monoisotopic (exact) mass is 160 g/mol. The molecule has 0 bridgehead atoms. The van der Waals surface area contributed by atoms with E-state index in [1.54, 1.807) is 0 Å². The zero-order valence-corrected chi connectivity index (χ0v) is 7.80. The lowest BCUT2D eigenvalue weighted by Crippen LogP contribution is -2.25. The Morgan fingerprint density at radius 1 is 1.45 bits per heavy atom. The van der Waals surface area contributed by atoms with E-state index in [0.717, 1.165) is 19.3 Å². The number of aliphatic hydroxyl groups is 2. The van der Waals surface area contributed by atoms with Gasteiger partial charge in [-0.2, -0.15) is 0 Å². The molecule has 68 valence electrons. The number of hydrogen-bond donors (Lipinski definition) is 2. The molecule has 0 aromatic carbocycles. The van der Waals surface area contributed by atoms with Gasteiger partial charge < -0.3 is 10.2 Å². The van der Waals surface area contributed by atoms with Crippen LogP contribution in [0.25, 0.3) is 0 Å². The van der Waals surface area contributed by atoms with E-state index in [4.69, 9.17) is 5.11 Å². The summed E-state index contributed by atoms with van der Waals surface area (Å²) in [5.41, 5.74) is -0.547. The molecule has 2 unspecified atom stereocenters. The van der Waals surface area contributed by atoms with Crippen LogP contribution >= 0.6 is 0 Å². The largest absolute Gasteiger partial charge is 0.396 e. The highest BCUT2D eigenvalue weighted by Gasteiger charge is 2.20. The summed E-state index contributed by atoms with van der Waals surface area (Å²) < 4.78 is 0. The van der Waals surface area contributed by atoms with E-state index in [1.165, 1.54) is 0 Å². The molecule has 0 fully saturated rings. The molecule has 0 heterocycles. The van der Waals surface area contributed by atoms with Crippen LogP contribution in [0, 0.1) is 5.92 Å². The van der Waals surface area contributed by atoms with Crippen LogP contribution in [0.15, 0.2) is 0 Å². The minimum Gasteiger partial charge on any atom is -0.396 e. The molecule has 0 aliphatic rings. The van der Waals surface area contributed by atoms with Gasteiger partial charge in [-0.15, -0.1) is 0 Å². The van der Waals surface area contributed by atoms with Crippen molar-refractivity contribution in [1.29, 1.82) is 0 Å². The van der Waals surface area contributed by atoms with Gasteiger partial charge in [-0.25, -0.2) is 0 Å². The van der Waals surface area contributed by atoms with Crippen LogP contribution in [0.2, 0.25) is 0 Å². The molecule has 2 N–H and O–H groups in total. The van der Waals surface area contributed by atoms with Gasteiger partial charge in [-0.1, -0.05) is 13.8 Å². The molecule has 2 atom stereocenters. The molecular weight excluding hydrogens is 140 g/mol. The third-order valence-electron chi connectivity index (χ3n) is 2.17. The molecule has 0 saturated carbocycles. The fourth-order valence-corrected chi connectivity index (χ4v) is 1.22. The number of hydrogen-bond acceptors (Lipinski definition) is 2. The van der Waals surface area contributed by atoms with E-state index in [-0.39, 0.29) is 6.61 Å². The normalized spacial score (nSPS) is 19.4. The van der Waals surface area contributed by atoms with Crippen molar-refractivity contribution in [1.82, 2.24) is 0 Å². The lowest BCUT2D eigenvalue weighted by Gasteiger charge is -2.24. The Morgan fingerprint density at radius 3 is 2.36 bits per heavy atom. The average molecular weight is 160 g/mol. The summed E-state index contributed by atoms with van der Waals surface area (Å²) in [7, 11) is 0. The third-order valence-corrected chi connectivity index (χ3v) is 2.17. The van der Waals surface area contributed by atoms with Gasteiger partial charge in [0.1, 0.15) is 0 Å². The highest BCUT2D eigenvalue weighted by molar-refractivity contribution is 4.72. The summed E-state index contributed by atoms with van der Waals surface area (Å²) in [5.74, 6) is 0.412. The van der Waals surface area contributed by atoms with Gasteiger partial charge >= 0.3 is 0 Å². The molecule has 0 aliphatic carbocycles. The maximum absolute atomic E-state index is 9.64. The van der Waals surface area contributed by atoms with Crippen LogP contribution in [-0.2, 0) is 0 Å². The van der Waals surface area contributed by atoms with Crippen LogP contribution in [0.4, 0.5) is 0 Å². The molecule has 0 radical (unpaired) electrons. The number of aliphatic hydroxyl groups excluding tert-OH is 1. The van der Waals surface area contributed by atoms with E-state index >= 15 is 0 Å². The maximum atomic E-state index is 9.64. The van der Waals surface area contributed by atoms with Crippen LogP contribution in [0.5, 0.6) is 0 Å². The van der Waals surface area contributed by atoms with Crippen molar-refractivity contribution in [2.24, 2.45) is 5.92 Å². The first kappa shape index (κ1) is 10.9. The molecule has 0 spiro atoms. The number of rotatable bonds is 5. The summed E-state index contributed by atoms with van der Waals surface area (Å²) in [4.78, 5) is 0. The molecule has 0 amide bonds. The van der Waals surface area contributed by atoms with Crippen LogP contribution < -0.4 is 0 Å². The van der Waals surface area contributed by atoms with E-state index in [9.17, 15) is 5.11 Å². The van der Waals surface area contributed by atoms with Crippen molar-refractivity contribution in [3.8, 4) is 0 Å². The maximum Gasteiger partial charge on any atom is 0.0619 e. The summed E-state index contributed by atoms with van der Waals surface area (Å²) in [5, 5.41) is 18.3. The molecular formula is C9H20O2. The van der Waals surface area contributed by atoms with Gasteiger partial charge in [0, 0.05) is 6.61 Å². The fourth-order valence-electron chi connectivity index (χ4n) is 1.22. The van der Waals surface area contributed by atoms with Crippen molar-refractivity contribution in [2.45, 2.75) is 45.6 Å². The second-order valence-electron chi connectivity index (χ2n) is 3.67. The Morgan fingerprint density at radius 2 is 2.00 bits per heavy atom. The average Bonchev–Trinajstić information content (AvgIpc) is 1.87. The van der Waals surface area contributed by atoms with Gasteiger partial charge in [-0.3, -0.25) is 0 Å². The molecule has 0 saturated heterocycles. The smallest absolute Gasteiger partial charge is 0.0619 e. The van der Waals surface area contributed by atoms with E-state index in [2.05, 4.69) is 6.92 Å². The highest BCUT2D eigenvalue weighted by Crippen LogP contribution is 2.21. The minimum atomic E-state index is -0.547. The van der Waals surface area contributed by atoms with Gasteiger partial charge in [0.2, 0.25) is 0 Å². The van der Waals surface area contributed by atoms with E-state index in [1.807, 2.05) is 13.8 Å². The van der Waals surface area contributed by atoms with E-state index < -0.39 is 5.60 Å². The van der Waals surface area contributed by atoms with Gasteiger partial charge in [-0.05, 0) is 32.1 Å². The van der Waals surface area contributed by atoms with E-state index in [0.29, 0.717) is 5.92 Å². The predicted octanol–water partition coefficient (Wildman–Crippen LogP) is 1.56.